The Labute approximate surface area is 111 Å². The van der Waals surface area contributed by atoms with Crippen molar-refractivity contribution in [1.82, 2.24) is 0 Å². The van der Waals surface area contributed by atoms with Gasteiger partial charge >= 0.3 is 0 Å². The molecule has 0 saturated heterocycles. The van der Waals surface area contributed by atoms with Gasteiger partial charge in [0.25, 0.3) is 0 Å². The fourth-order valence-electron chi connectivity index (χ4n) is 3.83. The SMILES string of the molecule is CC1(C)CCC(O)(C2(C#N)CCCCCC2)CC1. The van der Waals surface area contributed by atoms with Crippen LogP contribution in [0.25, 0.3) is 0 Å². The van der Waals surface area contributed by atoms with E-state index in [0.717, 1.165) is 51.4 Å². The van der Waals surface area contributed by atoms with E-state index in [1.54, 1.807) is 0 Å². The van der Waals surface area contributed by atoms with Gasteiger partial charge in [-0.2, -0.15) is 5.26 Å². The molecule has 0 aromatic carbocycles. The highest BCUT2D eigenvalue weighted by Gasteiger charge is 2.52. The molecule has 2 saturated carbocycles. The van der Waals surface area contributed by atoms with Crippen LogP contribution in [0.4, 0.5) is 0 Å². The molecule has 2 fully saturated rings. The number of nitriles is 1. The summed E-state index contributed by atoms with van der Waals surface area (Å²) in [6.45, 7) is 4.55. The first-order valence-corrected chi connectivity index (χ1v) is 7.57. The zero-order valence-corrected chi connectivity index (χ0v) is 12.0. The van der Waals surface area contributed by atoms with Crippen LogP contribution in [0.2, 0.25) is 0 Å². The molecule has 0 amide bonds. The summed E-state index contributed by atoms with van der Waals surface area (Å²) >= 11 is 0. The van der Waals surface area contributed by atoms with Crippen LogP contribution in [0.3, 0.4) is 0 Å². The maximum Gasteiger partial charge on any atom is 0.0860 e. The molecule has 1 N–H and O–H groups in total. The monoisotopic (exact) mass is 249 g/mol. The molecule has 2 aliphatic carbocycles. The lowest BCUT2D eigenvalue weighted by Crippen LogP contribution is -2.50. The summed E-state index contributed by atoms with van der Waals surface area (Å²) in [7, 11) is 0. The highest BCUT2D eigenvalue weighted by molar-refractivity contribution is 5.13. The summed E-state index contributed by atoms with van der Waals surface area (Å²) in [6.07, 6.45) is 10.2. The molecule has 0 radical (unpaired) electrons. The van der Waals surface area contributed by atoms with Gasteiger partial charge in [-0.1, -0.05) is 39.5 Å². The van der Waals surface area contributed by atoms with Crippen molar-refractivity contribution in [2.75, 3.05) is 0 Å². The van der Waals surface area contributed by atoms with E-state index in [1.807, 2.05) is 0 Å². The van der Waals surface area contributed by atoms with E-state index in [9.17, 15) is 10.4 Å². The van der Waals surface area contributed by atoms with Gasteiger partial charge in [0.05, 0.1) is 17.1 Å². The zero-order valence-electron chi connectivity index (χ0n) is 12.0. The van der Waals surface area contributed by atoms with Crippen LogP contribution in [0.1, 0.15) is 78.1 Å². The van der Waals surface area contributed by atoms with Gasteiger partial charge in [0, 0.05) is 0 Å². The molecule has 0 heterocycles. The molecular weight excluding hydrogens is 222 g/mol. The molecule has 0 aliphatic heterocycles. The van der Waals surface area contributed by atoms with Crippen molar-refractivity contribution in [2.24, 2.45) is 10.8 Å². The largest absolute Gasteiger partial charge is 0.388 e. The lowest BCUT2D eigenvalue weighted by atomic mass is 9.58. The van der Waals surface area contributed by atoms with Crippen LogP contribution in [0.5, 0.6) is 0 Å². The van der Waals surface area contributed by atoms with E-state index in [-0.39, 0.29) is 0 Å². The minimum absolute atomic E-state index is 0.341. The van der Waals surface area contributed by atoms with Crippen molar-refractivity contribution in [3.8, 4) is 6.07 Å². The van der Waals surface area contributed by atoms with Gasteiger partial charge in [0.2, 0.25) is 0 Å². The van der Waals surface area contributed by atoms with E-state index in [1.165, 1.54) is 12.8 Å². The summed E-state index contributed by atoms with van der Waals surface area (Å²) < 4.78 is 0. The fourth-order valence-corrected chi connectivity index (χ4v) is 3.83. The molecule has 0 atom stereocenters. The third-order valence-corrected chi connectivity index (χ3v) is 5.49. The first kappa shape index (κ1) is 13.9. The fraction of sp³-hybridized carbons (Fsp3) is 0.938. The van der Waals surface area contributed by atoms with Gasteiger partial charge in [0.15, 0.2) is 0 Å². The first-order valence-electron chi connectivity index (χ1n) is 7.57. The standard InChI is InChI=1S/C16H27NO/c1-14(2)9-11-16(18,12-10-14)15(13-17)7-5-3-4-6-8-15/h18H,3-12H2,1-2H3. The normalized spacial score (nSPS) is 30.1. The topological polar surface area (TPSA) is 44.0 Å². The number of hydrogen-bond acceptors (Lipinski definition) is 2. The van der Waals surface area contributed by atoms with Gasteiger partial charge in [-0.25, -0.2) is 0 Å². The molecule has 0 aromatic rings. The van der Waals surface area contributed by atoms with Crippen LogP contribution >= 0.6 is 0 Å². The second-order valence-corrected chi connectivity index (χ2v) is 7.30. The number of aliphatic hydroxyl groups is 1. The minimum atomic E-state index is -0.721. The molecule has 0 bridgehead atoms. The van der Waals surface area contributed by atoms with E-state index < -0.39 is 11.0 Å². The molecule has 2 heteroatoms. The summed E-state index contributed by atoms with van der Waals surface area (Å²) in [4.78, 5) is 0. The summed E-state index contributed by atoms with van der Waals surface area (Å²) in [5.74, 6) is 0. The average molecular weight is 249 g/mol. The highest BCUT2D eigenvalue weighted by atomic mass is 16.3. The predicted octanol–water partition coefficient (Wildman–Crippen LogP) is 4.18. The van der Waals surface area contributed by atoms with E-state index in [0.29, 0.717) is 5.41 Å². The van der Waals surface area contributed by atoms with E-state index >= 15 is 0 Å². The van der Waals surface area contributed by atoms with Crippen LogP contribution in [-0.4, -0.2) is 10.7 Å². The molecule has 18 heavy (non-hydrogen) atoms. The Morgan fingerprint density at radius 3 is 1.78 bits per heavy atom. The Bertz CT molecular complexity index is 321. The third kappa shape index (κ3) is 2.43. The Balaban J connectivity index is 2.19. The quantitative estimate of drug-likeness (QED) is 0.708. The molecule has 0 unspecified atom stereocenters. The zero-order chi connectivity index (χ0) is 13.3. The molecule has 2 nitrogen and oxygen atoms in total. The Morgan fingerprint density at radius 1 is 0.833 bits per heavy atom. The smallest absolute Gasteiger partial charge is 0.0860 e. The number of hydrogen-bond donors (Lipinski definition) is 1. The Kier molecular flexibility index (Phi) is 3.74. The van der Waals surface area contributed by atoms with Gasteiger partial charge in [0.1, 0.15) is 0 Å². The highest BCUT2D eigenvalue weighted by Crippen LogP contribution is 2.53. The average Bonchev–Trinajstić information content (AvgIpc) is 2.60. The summed E-state index contributed by atoms with van der Waals surface area (Å²) in [5, 5.41) is 20.8. The molecule has 0 aromatic heterocycles. The second-order valence-electron chi connectivity index (χ2n) is 7.30. The second kappa shape index (κ2) is 4.85. The van der Waals surface area contributed by atoms with E-state index in [4.69, 9.17) is 0 Å². The minimum Gasteiger partial charge on any atom is -0.388 e. The molecule has 2 aliphatic rings. The van der Waals surface area contributed by atoms with Gasteiger partial charge in [-0.05, 0) is 43.9 Å². The van der Waals surface area contributed by atoms with Crippen LogP contribution < -0.4 is 0 Å². The van der Waals surface area contributed by atoms with Crippen molar-refractivity contribution >= 4 is 0 Å². The molecule has 102 valence electrons. The van der Waals surface area contributed by atoms with Crippen molar-refractivity contribution in [2.45, 2.75) is 83.7 Å². The van der Waals surface area contributed by atoms with Crippen molar-refractivity contribution in [3.63, 3.8) is 0 Å². The van der Waals surface area contributed by atoms with Gasteiger partial charge in [-0.3, -0.25) is 0 Å². The Morgan fingerprint density at radius 2 is 1.33 bits per heavy atom. The molecular formula is C16H27NO. The van der Waals surface area contributed by atoms with Crippen molar-refractivity contribution < 1.29 is 5.11 Å². The first-order chi connectivity index (χ1) is 8.43. The lowest BCUT2D eigenvalue weighted by Gasteiger charge is -2.48. The van der Waals surface area contributed by atoms with Crippen molar-refractivity contribution in [3.05, 3.63) is 0 Å². The van der Waals surface area contributed by atoms with Crippen LogP contribution in [-0.2, 0) is 0 Å². The maximum atomic E-state index is 11.1. The van der Waals surface area contributed by atoms with Crippen LogP contribution in [0.15, 0.2) is 0 Å². The summed E-state index contributed by atoms with van der Waals surface area (Å²) in [6, 6.07) is 2.54. The van der Waals surface area contributed by atoms with E-state index in [2.05, 4.69) is 19.9 Å². The summed E-state index contributed by atoms with van der Waals surface area (Å²) in [5.41, 5.74) is -0.838. The maximum absolute atomic E-state index is 11.1. The van der Waals surface area contributed by atoms with Gasteiger partial charge in [-0.15, -0.1) is 0 Å². The van der Waals surface area contributed by atoms with Crippen LogP contribution in [0, 0.1) is 22.2 Å². The third-order valence-electron chi connectivity index (χ3n) is 5.49. The predicted molar refractivity (Wildman–Crippen MR) is 72.9 cm³/mol. The molecule has 2 rings (SSSR count). The molecule has 0 spiro atoms. The lowest BCUT2D eigenvalue weighted by molar-refractivity contribution is -0.107. The number of rotatable bonds is 1. The Hall–Kier alpha value is -0.550. The number of nitrogens with zero attached hydrogens (tertiary/aromatic N) is 1. The van der Waals surface area contributed by atoms with Crippen molar-refractivity contribution in [1.29, 1.82) is 5.26 Å². The van der Waals surface area contributed by atoms with Gasteiger partial charge < -0.3 is 5.11 Å².